The number of carbonyl (C=O) groups excluding carboxylic acids is 1. The molecule has 1 aromatic heterocycles. The third-order valence-corrected chi connectivity index (χ3v) is 3.47. The van der Waals surface area contributed by atoms with Gasteiger partial charge in [-0.15, -0.1) is 0 Å². The molecule has 4 nitrogen and oxygen atoms in total. The first-order chi connectivity index (χ1) is 10.4. The highest BCUT2D eigenvalue weighted by molar-refractivity contribution is 5.82. The average molecular weight is 314 g/mol. The highest BCUT2D eigenvalue weighted by atomic mass is 19.4. The summed E-state index contributed by atoms with van der Waals surface area (Å²) in [6, 6.07) is 5.32. The van der Waals surface area contributed by atoms with E-state index in [0.717, 1.165) is 0 Å². The smallest absolute Gasteiger partial charge is 0.356 e. The zero-order valence-electron chi connectivity index (χ0n) is 11.2. The Morgan fingerprint density at radius 3 is 2.55 bits per heavy atom. The third-order valence-electron chi connectivity index (χ3n) is 3.47. The second-order valence-corrected chi connectivity index (χ2v) is 4.92. The van der Waals surface area contributed by atoms with E-state index >= 15 is 0 Å². The number of aromatic nitrogens is 1. The number of benzene rings is 1. The van der Waals surface area contributed by atoms with E-state index in [-0.39, 0.29) is 25.3 Å². The van der Waals surface area contributed by atoms with Crippen molar-refractivity contribution in [3.63, 3.8) is 0 Å². The molecule has 0 bridgehead atoms. The van der Waals surface area contributed by atoms with Crippen molar-refractivity contribution in [3.05, 3.63) is 41.3 Å². The summed E-state index contributed by atoms with van der Waals surface area (Å²) in [6.07, 6.45) is -4.73. The fourth-order valence-corrected chi connectivity index (χ4v) is 2.39. The lowest BCUT2D eigenvalue weighted by atomic mass is 10.0. The summed E-state index contributed by atoms with van der Waals surface area (Å²) in [5.41, 5.74) is 1.44. The number of amides is 1. The van der Waals surface area contributed by atoms with Crippen LogP contribution in [-0.2, 0) is 17.8 Å². The van der Waals surface area contributed by atoms with Gasteiger partial charge in [0, 0.05) is 24.1 Å². The largest absolute Gasteiger partial charge is 0.471 e. The first-order valence-electron chi connectivity index (χ1n) is 6.45. The van der Waals surface area contributed by atoms with Crippen LogP contribution in [0.3, 0.4) is 0 Å². The predicted molar refractivity (Wildman–Crippen MR) is 67.1 cm³/mol. The summed E-state index contributed by atoms with van der Waals surface area (Å²) in [5.74, 6) is -2.06. The van der Waals surface area contributed by atoms with Gasteiger partial charge in [0.15, 0.2) is 5.76 Å². The highest BCUT2D eigenvalue weighted by Crippen LogP contribution is 2.32. The van der Waals surface area contributed by atoms with Gasteiger partial charge in [-0.05, 0) is 24.3 Å². The summed E-state index contributed by atoms with van der Waals surface area (Å²) in [6.45, 7) is -0.301. The number of nitrogens with zero attached hydrogens (tertiary/aromatic N) is 2. The van der Waals surface area contributed by atoms with E-state index in [1.165, 1.54) is 24.3 Å². The normalized spacial score (nSPS) is 14.8. The van der Waals surface area contributed by atoms with Crippen LogP contribution in [0.2, 0.25) is 0 Å². The lowest BCUT2D eigenvalue weighted by Crippen LogP contribution is -2.43. The van der Waals surface area contributed by atoms with E-state index in [4.69, 9.17) is 4.52 Å². The summed E-state index contributed by atoms with van der Waals surface area (Å²) in [5, 5.41) is 3.82. The van der Waals surface area contributed by atoms with Crippen LogP contribution < -0.4 is 0 Å². The maximum atomic E-state index is 12.9. The Balaban J connectivity index is 1.92. The van der Waals surface area contributed by atoms with E-state index in [0.29, 0.717) is 21.7 Å². The Hall–Kier alpha value is -2.38. The summed E-state index contributed by atoms with van der Waals surface area (Å²) < 4.78 is 55.7. The number of fused-ring (bicyclic) bond motifs is 1. The Labute approximate surface area is 122 Å². The average Bonchev–Trinajstić information content (AvgIpc) is 2.89. The fourth-order valence-electron chi connectivity index (χ4n) is 2.39. The SMILES string of the molecule is O=C(N1CCc2noc(-c3ccc(F)cc3)c2C1)C(F)(F)F. The van der Waals surface area contributed by atoms with Gasteiger partial charge in [-0.1, -0.05) is 5.16 Å². The van der Waals surface area contributed by atoms with E-state index in [1.54, 1.807) is 0 Å². The van der Waals surface area contributed by atoms with Crippen LogP contribution in [-0.4, -0.2) is 28.7 Å². The molecule has 116 valence electrons. The van der Waals surface area contributed by atoms with Crippen molar-refractivity contribution in [2.24, 2.45) is 0 Å². The van der Waals surface area contributed by atoms with Gasteiger partial charge < -0.3 is 9.42 Å². The monoisotopic (exact) mass is 314 g/mol. The van der Waals surface area contributed by atoms with Crippen molar-refractivity contribution in [1.82, 2.24) is 10.1 Å². The molecule has 8 heteroatoms. The lowest BCUT2D eigenvalue weighted by molar-refractivity contribution is -0.186. The van der Waals surface area contributed by atoms with Gasteiger partial charge in [-0.3, -0.25) is 4.79 Å². The van der Waals surface area contributed by atoms with Crippen molar-refractivity contribution in [1.29, 1.82) is 0 Å². The molecule has 2 heterocycles. The number of halogens is 4. The Bertz CT molecular complexity index is 707. The minimum absolute atomic E-state index is 0.0687. The molecule has 1 aliphatic heterocycles. The number of alkyl halides is 3. The zero-order chi connectivity index (χ0) is 15.9. The van der Waals surface area contributed by atoms with Gasteiger partial charge in [0.2, 0.25) is 0 Å². The molecule has 0 spiro atoms. The van der Waals surface area contributed by atoms with Gasteiger partial charge in [-0.2, -0.15) is 13.2 Å². The van der Waals surface area contributed by atoms with Crippen molar-refractivity contribution in [3.8, 4) is 11.3 Å². The quantitative estimate of drug-likeness (QED) is 0.760. The van der Waals surface area contributed by atoms with Crippen molar-refractivity contribution < 1.29 is 26.9 Å². The van der Waals surface area contributed by atoms with E-state index in [2.05, 4.69) is 5.16 Å². The lowest BCUT2D eigenvalue weighted by Gasteiger charge is -2.27. The maximum Gasteiger partial charge on any atom is 0.471 e. The summed E-state index contributed by atoms with van der Waals surface area (Å²) in [4.78, 5) is 12.1. The van der Waals surface area contributed by atoms with E-state index in [1.807, 2.05) is 0 Å². The predicted octanol–water partition coefficient (Wildman–Crippen LogP) is 2.93. The molecule has 1 amide bonds. The fraction of sp³-hybridized carbons (Fsp3) is 0.286. The van der Waals surface area contributed by atoms with Crippen molar-refractivity contribution in [2.45, 2.75) is 19.1 Å². The minimum atomic E-state index is -4.91. The van der Waals surface area contributed by atoms with Gasteiger partial charge in [-0.25, -0.2) is 4.39 Å². The second-order valence-electron chi connectivity index (χ2n) is 4.92. The van der Waals surface area contributed by atoms with Crippen LogP contribution in [0.15, 0.2) is 28.8 Å². The van der Waals surface area contributed by atoms with Crippen LogP contribution in [0.5, 0.6) is 0 Å². The standard InChI is InChI=1S/C14H10F4N2O2/c15-9-3-1-8(2-4-9)12-10-7-20(13(21)14(16,17)18)6-5-11(10)19-22-12/h1-4H,5-7H2. The number of rotatable bonds is 1. The van der Waals surface area contributed by atoms with Crippen molar-refractivity contribution >= 4 is 5.91 Å². The molecule has 3 rings (SSSR count). The molecule has 0 aliphatic carbocycles. The van der Waals surface area contributed by atoms with Crippen molar-refractivity contribution in [2.75, 3.05) is 6.54 Å². The first kappa shape index (κ1) is 14.6. The molecule has 0 atom stereocenters. The second kappa shape index (κ2) is 5.11. The van der Waals surface area contributed by atoms with E-state index in [9.17, 15) is 22.4 Å². The van der Waals surface area contributed by atoms with Crippen LogP contribution in [0.1, 0.15) is 11.3 Å². The Morgan fingerprint density at radius 1 is 1.23 bits per heavy atom. The maximum absolute atomic E-state index is 12.9. The summed E-state index contributed by atoms with van der Waals surface area (Å²) in [7, 11) is 0. The Morgan fingerprint density at radius 2 is 1.91 bits per heavy atom. The molecular weight excluding hydrogens is 304 g/mol. The zero-order valence-corrected chi connectivity index (χ0v) is 11.2. The molecule has 0 unspecified atom stereocenters. The molecule has 0 N–H and O–H groups in total. The molecule has 0 saturated carbocycles. The van der Waals surface area contributed by atoms with Gasteiger partial charge >= 0.3 is 12.1 Å². The summed E-state index contributed by atoms with van der Waals surface area (Å²) >= 11 is 0. The topological polar surface area (TPSA) is 46.3 Å². The molecular formula is C14H10F4N2O2. The molecule has 22 heavy (non-hydrogen) atoms. The number of carbonyl (C=O) groups is 1. The minimum Gasteiger partial charge on any atom is -0.356 e. The molecule has 2 aromatic rings. The number of hydrogen-bond acceptors (Lipinski definition) is 3. The van der Waals surface area contributed by atoms with E-state index < -0.39 is 17.9 Å². The van der Waals surface area contributed by atoms with Gasteiger partial charge in [0.1, 0.15) is 5.82 Å². The third kappa shape index (κ3) is 2.56. The Kier molecular flexibility index (Phi) is 3.38. The molecule has 1 aliphatic rings. The molecule has 0 radical (unpaired) electrons. The number of hydrogen-bond donors (Lipinski definition) is 0. The first-order valence-corrected chi connectivity index (χ1v) is 6.45. The molecule has 1 aromatic carbocycles. The van der Waals surface area contributed by atoms with Gasteiger partial charge in [0.05, 0.1) is 12.2 Å². The van der Waals surface area contributed by atoms with Gasteiger partial charge in [0.25, 0.3) is 0 Å². The molecule has 0 fully saturated rings. The van der Waals surface area contributed by atoms with Crippen LogP contribution >= 0.6 is 0 Å². The highest BCUT2D eigenvalue weighted by Gasteiger charge is 2.44. The van der Waals surface area contributed by atoms with Crippen LogP contribution in [0.25, 0.3) is 11.3 Å². The molecule has 0 saturated heterocycles. The van der Waals surface area contributed by atoms with Crippen LogP contribution in [0, 0.1) is 5.82 Å². The van der Waals surface area contributed by atoms with Crippen LogP contribution in [0.4, 0.5) is 17.6 Å².